The van der Waals surface area contributed by atoms with Crippen LogP contribution in [0, 0.1) is 11.3 Å². The molecule has 0 aromatic heterocycles. The lowest BCUT2D eigenvalue weighted by Gasteiger charge is -2.39. The molecule has 0 bridgehead atoms. The summed E-state index contributed by atoms with van der Waals surface area (Å²) >= 11 is 0. The van der Waals surface area contributed by atoms with Crippen LogP contribution in [0.4, 0.5) is 0 Å². The zero-order valence-corrected chi connectivity index (χ0v) is 10.1. The van der Waals surface area contributed by atoms with E-state index in [1.165, 1.54) is 5.57 Å². The van der Waals surface area contributed by atoms with Crippen LogP contribution in [-0.4, -0.2) is 5.78 Å². The minimum absolute atomic E-state index is 0.161. The van der Waals surface area contributed by atoms with Gasteiger partial charge in [0.1, 0.15) is 0 Å². The van der Waals surface area contributed by atoms with Crippen LogP contribution in [0.25, 0.3) is 0 Å². The molecule has 0 heterocycles. The molecule has 0 spiro atoms. The van der Waals surface area contributed by atoms with Gasteiger partial charge in [-0.1, -0.05) is 33.3 Å². The van der Waals surface area contributed by atoms with E-state index in [1.807, 2.05) is 0 Å². The maximum Gasteiger partial charge on any atom is 0.159 e. The molecule has 1 unspecified atom stereocenters. The van der Waals surface area contributed by atoms with E-state index in [-0.39, 0.29) is 5.41 Å². The van der Waals surface area contributed by atoms with Gasteiger partial charge in [0.05, 0.1) is 0 Å². The van der Waals surface area contributed by atoms with Crippen molar-refractivity contribution in [2.45, 2.75) is 53.9 Å². The molecule has 1 nitrogen and oxygen atoms in total. The first-order chi connectivity index (χ1) is 6.44. The van der Waals surface area contributed by atoms with E-state index < -0.39 is 0 Å². The highest BCUT2D eigenvalue weighted by molar-refractivity contribution is 5.97. The first-order valence-corrected chi connectivity index (χ1v) is 5.66. The normalized spacial score (nSPS) is 26.9. The van der Waals surface area contributed by atoms with Crippen molar-refractivity contribution in [2.24, 2.45) is 11.3 Å². The third-order valence-corrected chi connectivity index (χ3v) is 3.66. The van der Waals surface area contributed by atoms with Gasteiger partial charge in [-0.3, -0.25) is 4.79 Å². The quantitative estimate of drug-likeness (QED) is 0.654. The van der Waals surface area contributed by atoms with E-state index in [4.69, 9.17) is 0 Å². The fraction of sp³-hybridized carbons (Fsp3) is 0.769. The summed E-state index contributed by atoms with van der Waals surface area (Å²) in [6.07, 6.45) is 2.78. The maximum atomic E-state index is 11.9. The highest BCUT2D eigenvalue weighted by Gasteiger charge is 2.37. The minimum Gasteiger partial charge on any atom is -0.295 e. The number of hydrogen-bond donors (Lipinski definition) is 0. The summed E-state index contributed by atoms with van der Waals surface area (Å²) in [5.74, 6) is 0.967. The Kier molecular flexibility index (Phi) is 3.18. The van der Waals surface area contributed by atoms with Gasteiger partial charge in [0.15, 0.2) is 5.78 Å². The number of ketones is 1. The largest absolute Gasteiger partial charge is 0.295 e. The molecule has 14 heavy (non-hydrogen) atoms. The smallest absolute Gasteiger partial charge is 0.159 e. The van der Waals surface area contributed by atoms with Crippen LogP contribution in [-0.2, 0) is 4.79 Å². The van der Waals surface area contributed by atoms with Gasteiger partial charge in [0.25, 0.3) is 0 Å². The average Bonchev–Trinajstić information content (AvgIpc) is 2.02. The molecule has 1 rings (SSSR count). The predicted octanol–water partition coefficient (Wildman–Crippen LogP) is 3.74. The van der Waals surface area contributed by atoms with Crippen LogP contribution >= 0.6 is 0 Å². The van der Waals surface area contributed by atoms with Crippen LogP contribution in [0.5, 0.6) is 0 Å². The minimum atomic E-state index is 0.161. The Balaban J connectivity index is 3.14. The van der Waals surface area contributed by atoms with Crippen molar-refractivity contribution in [1.82, 2.24) is 0 Å². The van der Waals surface area contributed by atoms with Crippen molar-refractivity contribution in [1.29, 1.82) is 0 Å². The summed E-state index contributed by atoms with van der Waals surface area (Å²) in [7, 11) is 0. The average molecular weight is 194 g/mol. The van der Waals surface area contributed by atoms with E-state index in [2.05, 4.69) is 34.6 Å². The van der Waals surface area contributed by atoms with Gasteiger partial charge in [-0.25, -0.2) is 0 Å². The van der Waals surface area contributed by atoms with Crippen LogP contribution in [0.1, 0.15) is 53.9 Å². The summed E-state index contributed by atoms with van der Waals surface area (Å²) in [5.41, 5.74) is 2.60. The third kappa shape index (κ3) is 1.77. The van der Waals surface area contributed by atoms with Crippen LogP contribution in [0.3, 0.4) is 0 Å². The second kappa shape index (κ2) is 3.88. The fourth-order valence-corrected chi connectivity index (χ4v) is 2.99. The van der Waals surface area contributed by atoms with Crippen LogP contribution in [0.15, 0.2) is 11.1 Å². The molecular weight excluding hydrogens is 172 g/mol. The molecule has 80 valence electrons. The van der Waals surface area contributed by atoms with Crippen LogP contribution in [0.2, 0.25) is 0 Å². The Morgan fingerprint density at radius 1 is 1.36 bits per heavy atom. The molecule has 0 amide bonds. The molecule has 0 N–H and O–H groups in total. The molecular formula is C13H22O. The lowest BCUT2D eigenvalue weighted by molar-refractivity contribution is -0.119. The Labute approximate surface area is 87.6 Å². The summed E-state index contributed by atoms with van der Waals surface area (Å²) in [6.45, 7) is 10.9. The van der Waals surface area contributed by atoms with Gasteiger partial charge < -0.3 is 0 Å². The molecule has 0 saturated heterocycles. The van der Waals surface area contributed by atoms with Crippen molar-refractivity contribution in [2.75, 3.05) is 0 Å². The fourth-order valence-electron chi connectivity index (χ4n) is 2.99. The zero-order chi connectivity index (χ0) is 10.9. The van der Waals surface area contributed by atoms with E-state index >= 15 is 0 Å². The predicted molar refractivity (Wildman–Crippen MR) is 60.2 cm³/mol. The number of carbonyl (C=O) groups excluding carboxylic acids is 1. The molecule has 0 aromatic carbocycles. The lowest BCUT2D eigenvalue weighted by atomic mass is 9.65. The van der Waals surface area contributed by atoms with Crippen LogP contribution < -0.4 is 0 Å². The molecule has 0 radical (unpaired) electrons. The standard InChI is InChI=1S/C13H22O/c1-6-10-9(3)11(7-2)13(4,5)8-12(10)14/h11H,6-8H2,1-5H3. The molecule has 0 aliphatic heterocycles. The molecule has 1 heteroatoms. The van der Waals surface area contributed by atoms with Crippen molar-refractivity contribution in [3.63, 3.8) is 0 Å². The van der Waals surface area contributed by atoms with E-state index in [9.17, 15) is 4.79 Å². The topological polar surface area (TPSA) is 17.1 Å². The van der Waals surface area contributed by atoms with E-state index in [0.717, 1.165) is 24.8 Å². The van der Waals surface area contributed by atoms with Crippen molar-refractivity contribution in [3.05, 3.63) is 11.1 Å². The van der Waals surface area contributed by atoms with Crippen molar-refractivity contribution >= 4 is 5.78 Å². The third-order valence-electron chi connectivity index (χ3n) is 3.66. The second-order valence-corrected chi connectivity index (χ2v) is 5.06. The number of hydrogen-bond acceptors (Lipinski definition) is 1. The Morgan fingerprint density at radius 2 is 1.93 bits per heavy atom. The van der Waals surface area contributed by atoms with Crippen molar-refractivity contribution in [3.8, 4) is 0 Å². The van der Waals surface area contributed by atoms with Gasteiger partial charge in [0, 0.05) is 6.42 Å². The maximum absolute atomic E-state index is 11.9. The Morgan fingerprint density at radius 3 is 2.36 bits per heavy atom. The molecule has 1 atom stereocenters. The van der Waals surface area contributed by atoms with Gasteiger partial charge in [-0.2, -0.15) is 0 Å². The molecule has 0 saturated carbocycles. The molecule has 0 fully saturated rings. The molecule has 1 aliphatic rings. The molecule has 1 aliphatic carbocycles. The first-order valence-electron chi connectivity index (χ1n) is 5.66. The van der Waals surface area contributed by atoms with Crippen molar-refractivity contribution < 1.29 is 4.79 Å². The first kappa shape index (κ1) is 11.5. The summed E-state index contributed by atoms with van der Waals surface area (Å²) < 4.78 is 0. The highest BCUT2D eigenvalue weighted by Crippen LogP contribution is 2.44. The number of allylic oxidation sites excluding steroid dienone is 2. The Bertz CT molecular complexity index is 271. The monoisotopic (exact) mass is 194 g/mol. The lowest BCUT2D eigenvalue weighted by Crippen LogP contribution is -2.33. The SMILES string of the molecule is CCC1=C(C)C(CC)C(C)(C)CC1=O. The van der Waals surface area contributed by atoms with Gasteiger partial charge >= 0.3 is 0 Å². The number of Topliss-reactive ketones (excluding diaryl/α,β-unsaturated/α-hetero) is 1. The number of carbonyl (C=O) groups is 1. The van der Waals surface area contributed by atoms with Gasteiger partial charge in [0.2, 0.25) is 0 Å². The molecule has 0 aromatic rings. The van der Waals surface area contributed by atoms with Gasteiger partial charge in [-0.15, -0.1) is 0 Å². The summed E-state index contributed by atoms with van der Waals surface area (Å²) in [4.78, 5) is 11.9. The summed E-state index contributed by atoms with van der Waals surface area (Å²) in [6, 6.07) is 0. The highest BCUT2D eigenvalue weighted by atomic mass is 16.1. The second-order valence-electron chi connectivity index (χ2n) is 5.06. The zero-order valence-electron chi connectivity index (χ0n) is 10.1. The Hall–Kier alpha value is -0.590. The van der Waals surface area contributed by atoms with Gasteiger partial charge in [-0.05, 0) is 36.7 Å². The van der Waals surface area contributed by atoms with E-state index in [0.29, 0.717) is 11.7 Å². The summed E-state index contributed by atoms with van der Waals surface area (Å²) in [5, 5.41) is 0. The number of rotatable bonds is 2. The van der Waals surface area contributed by atoms with E-state index in [1.54, 1.807) is 0 Å².